The minimum atomic E-state index is -0.309. The molecule has 1 N–H and O–H groups in total. The summed E-state index contributed by atoms with van der Waals surface area (Å²) in [7, 11) is 0. The first-order valence-corrected chi connectivity index (χ1v) is 7.79. The molecule has 0 bridgehead atoms. The summed E-state index contributed by atoms with van der Waals surface area (Å²) in [4.78, 5) is 25.1. The fourth-order valence-corrected chi connectivity index (χ4v) is 3.48. The van der Waals surface area contributed by atoms with Gasteiger partial charge in [0.25, 0.3) is 11.5 Å². The molecule has 1 amide bonds. The van der Waals surface area contributed by atoms with Crippen molar-refractivity contribution in [1.82, 2.24) is 15.1 Å². The summed E-state index contributed by atoms with van der Waals surface area (Å²) >= 11 is 1.79. The van der Waals surface area contributed by atoms with Crippen molar-refractivity contribution in [3.63, 3.8) is 0 Å². The van der Waals surface area contributed by atoms with Gasteiger partial charge in [0.05, 0.1) is 11.5 Å². The van der Waals surface area contributed by atoms with Gasteiger partial charge < -0.3 is 9.32 Å². The molecule has 0 spiro atoms. The van der Waals surface area contributed by atoms with Crippen LogP contribution in [-0.4, -0.2) is 39.8 Å². The van der Waals surface area contributed by atoms with Gasteiger partial charge in [-0.1, -0.05) is 0 Å². The SMILES string of the molecule is O=C(c1ccc(=O)[nH]n1)N1CCSC(c2ccco2)CC1. The second-order valence-corrected chi connectivity index (χ2v) is 6.07. The molecule has 2 aromatic rings. The van der Waals surface area contributed by atoms with Crippen LogP contribution in [0, 0.1) is 0 Å². The van der Waals surface area contributed by atoms with Crippen molar-refractivity contribution in [3.8, 4) is 0 Å². The van der Waals surface area contributed by atoms with Crippen molar-refractivity contribution in [2.24, 2.45) is 0 Å². The largest absolute Gasteiger partial charge is 0.468 e. The first kappa shape index (κ1) is 13.9. The molecule has 0 saturated carbocycles. The molecule has 1 saturated heterocycles. The monoisotopic (exact) mass is 305 g/mol. The minimum Gasteiger partial charge on any atom is -0.468 e. The molecular weight excluding hydrogens is 290 g/mol. The van der Waals surface area contributed by atoms with Crippen LogP contribution in [0.2, 0.25) is 0 Å². The summed E-state index contributed by atoms with van der Waals surface area (Å²) in [5.41, 5.74) is -0.0353. The van der Waals surface area contributed by atoms with Crippen LogP contribution in [0.15, 0.2) is 39.7 Å². The number of thioether (sulfide) groups is 1. The lowest BCUT2D eigenvalue weighted by Gasteiger charge is -2.19. The summed E-state index contributed by atoms with van der Waals surface area (Å²) in [6.45, 7) is 1.32. The quantitative estimate of drug-likeness (QED) is 0.913. The van der Waals surface area contributed by atoms with E-state index in [0.717, 1.165) is 17.9 Å². The number of hydrogen-bond donors (Lipinski definition) is 1. The molecule has 0 aromatic carbocycles. The van der Waals surface area contributed by atoms with E-state index in [-0.39, 0.29) is 22.4 Å². The Bertz CT molecular complexity index is 648. The maximum absolute atomic E-state index is 12.4. The summed E-state index contributed by atoms with van der Waals surface area (Å²) in [5.74, 6) is 1.66. The summed E-state index contributed by atoms with van der Waals surface area (Å²) in [5, 5.41) is 6.37. The molecule has 3 rings (SSSR count). The van der Waals surface area contributed by atoms with Crippen LogP contribution < -0.4 is 5.56 Å². The minimum absolute atomic E-state index is 0.146. The van der Waals surface area contributed by atoms with Crippen LogP contribution in [0.4, 0.5) is 0 Å². The average molecular weight is 305 g/mol. The molecule has 7 heteroatoms. The van der Waals surface area contributed by atoms with E-state index in [1.807, 2.05) is 12.1 Å². The van der Waals surface area contributed by atoms with Gasteiger partial charge in [-0.15, -0.1) is 11.8 Å². The zero-order valence-corrected chi connectivity index (χ0v) is 12.1. The van der Waals surface area contributed by atoms with E-state index < -0.39 is 0 Å². The Morgan fingerprint density at radius 2 is 2.29 bits per heavy atom. The maximum atomic E-state index is 12.4. The Morgan fingerprint density at radius 3 is 3.00 bits per heavy atom. The van der Waals surface area contributed by atoms with Crippen LogP contribution in [0.25, 0.3) is 0 Å². The highest BCUT2D eigenvalue weighted by Crippen LogP contribution is 2.34. The molecule has 6 nitrogen and oxygen atoms in total. The van der Waals surface area contributed by atoms with Crippen LogP contribution in [-0.2, 0) is 0 Å². The molecule has 1 aliphatic heterocycles. The van der Waals surface area contributed by atoms with Crippen LogP contribution >= 0.6 is 11.8 Å². The van der Waals surface area contributed by atoms with Crippen LogP contribution in [0.5, 0.6) is 0 Å². The summed E-state index contributed by atoms with van der Waals surface area (Å²) < 4.78 is 5.45. The molecule has 1 aliphatic rings. The summed E-state index contributed by atoms with van der Waals surface area (Å²) in [6, 6.07) is 6.63. The van der Waals surface area contributed by atoms with Gasteiger partial charge in [0.2, 0.25) is 0 Å². The molecular formula is C14H15N3O3S. The first-order chi connectivity index (χ1) is 10.2. The zero-order chi connectivity index (χ0) is 14.7. The Balaban J connectivity index is 1.68. The predicted octanol–water partition coefficient (Wildman–Crippen LogP) is 1.68. The fraction of sp³-hybridized carbons (Fsp3) is 0.357. The molecule has 21 heavy (non-hydrogen) atoms. The standard InChI is InChI=1S/C14H15N3O3S/c18-13-4-3-10(15-16-13)14(19)17-6-5-12(21-9-7-17)11-2-1-8-20-11/h1-4,8,12H,5-7,9H2,(H,16,18). The molecule has 2 aromatic heterocycles. The van der Waals surface area contributed by atoms with Crippen LogP contribution in [0.1, 0.15) is 27.9 Å². The number of aromatic nitrogens is 2. The van der Waals surface area contributed by atoms with E-state index >= 15 is 0 Å². The molecule has 0 radical (unpaired) electrons. The lowest BCUT2D eigenvalue weighted by molar-refractivity contribution is 0.0759. The zero-order valence-electron chi connectivity index (χ0n) is 11.3. The van der Waals surface area contributed by atoms with Crippen molar-refractivity contribution >= 4 is 17.7 Å². The van der Waals surface area contributed by atoms with Gasteiger partial charge >= 0.3 is 0 Å². The van der Waals surface area contributed by atoms with Crippen molar-refractivity contribution in [2.45, 2.75) is 11.7 Å². The number of amides is 1. The summed E-state index contributed by atoms with van der Waals surface area (Å²) in [6.07, 6.45) is 2.52. The van der Waals surface area contributed by atoms with E-state index in [2.05, 4.69) is 10.2 Å². The molecule has 3 heterocycles. The maximum Gasteiger partial charge on any atom is 0.274 e. The average Bonchev–Trinajstić information content (AvgIpc) is 2.92. The van der Waals surface area contributed by atoms with Gasteiger partial charge in [-0.25, -0.2) is 5.10 Å². The third kappa shape index (κ3) is 3.18. The molecule has 1 unspecified atom stereocenters. The van der Waals surface area contributed by atoms with Gasteiger partial charge in [0, 0.05) is 24.9 Å². The number of aromatic amines is 1. The van der Waals surface area contributed by atoms with Gasteiger partial charge in [-0.05, 0) is 24.6 Å². The van der Waals surface area contributed by atoms with E-state index in [1.54, 1.807) is 22.9 Å². The van der Waals surface area contributed by atoms with Gasteiger partial charge in [-0.2, -0.15) is 5.10 Å². The Morgan fingerprint density at radius 1 is 1.38 bits per heavy atom. The topological polar surface area (TPSA) is 79.2 Å². The van der Waals surface area contributed by atoms with Crippen molar-refractivity contribution in [2.75, 3.05) is 18.8 Å². The molecule has 0 aliphatic carbocycles. The highest BCUT2D eigenvalue weighted by molar-refractivity contribution is 7.99. The lowest BCUT2D eigenvalue weighted by atomic mass is 10.2. The van der Waals surface area contributed by atoms with Crippen molar-refractivity contribution < 1.29 is 9.21 Å². The van der Waals surface area contributed by atoms with E-state index in [9.17, 15) is 9.59 Å². The lowest BCUT2D eigenvalue weighted by Crippen LogP contribution is -2.34. The second kappa shape index (κ2) is 6.17. The second-order valence-electron chi connectivity index (χ2n) is 4.76. The van der Waals surface area contributed by atoms with Crippen molar-refractivity contribution in [3.05, 3.63) is 52.3 Å². The Kier molecular flexibility index (Phi) is 4.10. The fourth-order valence-electron chi connectivity index (χ4n) is 2.30. The first-order valence-electron chi connectivity index (χ1n) is 6.74. The highest BCUT2D eigenvalue weighted by Gasteiger charge is 2.24. The number of rotatable bonds is 2. The third-order valence-electron chi connectivity index (χ3n) is 3.39. The highest BCUT2D eigenvalue weighted by atomic mass is 32.2. The van der Waals surface area contributed by atoms with E-state index in [0.29, 0.717) is 13.1 Å². The Hall–Kier alpha value is -2.02. The van der Waals surface area contributed by atoms with Gasteiger partial charge in [-0.3, -0.25) is 9.59 Å². The molecule has 110 valence electrons. The van der Waals surface area contributed by atoms with E-state index in [1.165, 1.54) is 12.1 Å². The number of nitrogens with zero attached hydrogens (tertiary/aromatic N) is 2. The number of carbonyl (C=O) groups is 1. The smallest absolute Gasteiger partial charge is 0.274 e. The predicted molar refractivity (Wildman–Crippen MR) is 79.3 cm³/mol. The van der Waals surface area contributed by atoms with Crippen molar-refractivity contribution in [1.29, 1.82) is 0 Å². The molecule has 1 atom stereocenters. The number of carbonyl (C=O) groups excluding carboxylic acids is 1. The number of H-pyrrole nitrogens is 1. The Labute approximate surface area is 125 Å². The molecule has 1 fully saturated rings. The number of furan rings is 1. The van der Waals surface area contributed by atoms with E-state index in [4.69, 9.17) is 4.42 Å². The number of hydrogen-bond acceptors (Lipinski definition) is 5. The third-order valence-corrected chi connectivity index (χ3v) is 4.68. The number of nitrogens with one attached hydrogen (secondary N) is 1. The van der Waals surface area contributed by atoms with Crippen LogP contribution in [0.3, 0.4) is 0 Å². The normalized spacial score (nSPS) is 19.2. The van der Waals surface area contributed by atoms with Gasteiger partial charge in [0.1, 0.15) is 11.5 Å². The van der Waals surface area contributed by atoms with Gasteiger partial charge in [0.15, 0.2) is 0 Å².